The molecule has 0 fully saturated rings. The number of carbonyl (C=O) groups is 1. The smallest absolute Gasteiger partial charge is 0.264 e. The van der Waals surface area contributed by atoms with Crippen molar-refractivity contribution in [2.24, 2.45) is 5.10 Å². The summed E-state index contributed by atoms with van der Waals surface area (Å²) < 4.78 is 38.7. The van der Waals surface area contributed by atoms with Crippen LogP contribution in [0.1, 0.15) is 19.4 Å². The zero-order chi connectivity index (χ0) is 24.6. The fourth-order valence-electron chi connectivity index (χ4n) is 3.10. The molecule has 0 aliphatic rings. The number of hydrazone groups is 1. The minimum atomic E-state index is -4.05. The van der Waals surface area contributed by atoms with Gasteiger partial charge in [0.2, 0.25) is 0 Å². The van der Waals surface area contributed by atoms with Crippen molar-refractivity contribution < 1.29 is 22.7 Å². The van der Waals surface area contributed by atoms with E-state index in [0.717, 1.165) is 15.6 Å². The van der Waals surface area contributed by atoms with Gasteiger partial charge in [-0.2, -0.15) is 5.10 Å². The maximum Gasteiger partial charge on any atom is 0.264 e. The third-order valence-corrected chi connectivity index (χ3v) is 6.40. The van der Waals surface area contributed by atoms with Crippen molar-refractivity contribution in [1.82, 2.24) is 5.43 Å². The summed E-state index contributed by atoms with van der Waals surface area (Å²) >= 11 is 0. The van der Waals surface area contributed by atoms with Crippen molar-refractivity contribution in [3.05, 3.63) is 84.4 Å². The summed E-state index contributed by atoms with van der Waals surface area (Å²) in [5.41, 5.74) is 3.38. The third-order valence-electron chi connectivity index (χ3n) is 4.63. The zero-order valence-corrected chi connectivity index (χ0v) is 20.0. The van der Waals surface area contributed by atoms with E-state index in [1.54, 1.807) is 66.7 Å². The van der Waals surface area contributed by atoms with Gasteiger partial charge in [0.15, 0.2) is 0 Å². The first-order valence-electron chi connectivity index (χ1n) is 10.6. The highest BCUT2D eigenvalue weighted by Gasteiger charge is 2.29. The SMILES string of the molecule is COc1ccccc1N(CC(=O)N/N=C\c1ccc(OC(C)C)cc1)S(=O)(=O)c1ccccc1. The molecule has 9 heteroatoms. The Morgan fingerprint density at radius 3 is 2.29 bits per heavy atom. The van der Waals surface area contributed by atoms with E-state index in [9.17, 15) is 13.2 Å². The lowest BCUT2D eigenvalue weighted by atomic mass is 10.2. The minimum Gasteiger partial charge on any atom is -0.495 e. The molecule has 3 aromatic carbocycles. The number of carbonyl (C=O) groups excluding carboxylic acids is 1. The van der Waals surface area contributed by atoms with E-state index in [1.165, 1.54) is 25.5 Å². The minimum absolute atomic E-state index is 0.0564. The van der Waals surface area contributed by atoms with Crippen molar-refractivity contribution in [1.29, 1.82) is 0 Å². The van der Waals surface area contributed by atoms with Gasteiger partial charge in [-0.15, -0.1) is 0 Å². The summed E-state index contributed by atoms with van der Waals surface area (Å²) in [7, 11) is -2.61. The number of hydrogen-bond donors (Lipinski definition) is 1. The fraction of sp³-hybridized carbons (Fsp3) is 0.200. The molecule has 34 heavy (non-hydrogen) atoms. The molecule has 178 valence electrons. The Hall–Kier alpha value is -3.85. The van der Waals surface area contributed by atoms with E-state index < -0.39 is 22.5 Å². The first-order valence-corrected chi connectivity index (χ1v) is 12.0. The molecule has 3 rings (SSSR count). The van der Waals surface area contributed by atoms with Gasteiger partial charge in [-0.05, 0) is 67.9 Å². The van der Waals surface area contributed by atoms with E-state index in [2.05, 4.69) is 10.5 Å². The van der Waals surface area contributed by atoms with Crippen LogP contribution in [0.5, 0.6) is 11.5 Å². The number of benzene rings is 3. The number of nitrogens with one attached hydrogen (secondary N) is 1. The lowest BCUT2D eigenvalue weighted by Gasteiger charge is -2.25. The number of nitrogens with zero attached hydrogens (tertiary/aromatic N) is 2. The molecule has 0 saturated heterocycles. The standard InChI is InChI=1S/C25H27N3O5S/c1-19(2)33-21-15-13-20(14-16-21)17-26-27-25(29)18-28(23-11-7-8-12-24(23)32-3)34(30,31)22-9-5-4-6-10-22/h4-17,19H,18H2,1-3H3,(H,27,29)/b26-17-. The molecule has 0 atom stereocenters. The summed E-state index contributed by atoms with van der Waals surface area (Å²) in [5.74, 6) is 0.443. The van der Waals surface area contributed by atoms with E-state index in [-0.39, 0.29) is 16.7 Å². The van der Waals surface area contributed by atoms with Crippen LogP contribution in [0.3, 0.4) is 0 Å². The van der Waals surface area contributed by atoms with Gasteiger partial charge in [0.1, 0.15) is 18.0 Å². The second kappa shape index (κ2) is 11.3. The highest BCUT2D eigenvalue weighted by atomic mass is 32.2. The lowest BCUT2D eigenvalue weighted by Crippen LogP contribution is -2.39. The number of para-hydroxylation sites is 2. The fourth-order valence-corrected chi connectivity index (χ4v) is 4.56. The maximum atomic E-state index is 13.4. The normalized spacial score (nSPS) is 11.4. The van der Waals surface area contributed by atoms with Crippen molar-refractivity contribution in [2.75, 3.05) is 18.0 Å². The molecule has 0 heterocycles. The topological polar surface area (TPSA) is 97.3 Å². The van der Waals surface area contributed by atoms with Gasteiger partial charge in [-0.25, -0.2) is 13.8 Å². The van der Waals surface area contributed by atoms with E-state index in [0.29, 0.717) is 5.75 Å². The molecule has 0 aliphatic heterocycles. The predicted octanol–water partition coefficient (Wildman–Crippen LogP) is 3.83. The second-order valence-electron chi connectivity index (χ2n) is 7.53. The second-order valence-corrected chi connectivity index (χ2v) is 9.39. The number of rotatable bonds is 10. The van der Waals surface area contributed by atoms with Crippen molar-refractivity contribution in [3.8, 4) is 11.5 Å². The van der Waals surface area contributed by atoms with E-state index in [4.69, 9.17) is 9.47 Å². The Balaban J connectivity index is 1.78. The van der Waals surface area contributed by atoms with Gasteiger partial charge >= 0.3 is 0 Å². The molecular weight excluding hydrogens is 454 g/mol. The van der Waals surface area contributed by atoms with Crippen molar-refractivity contribution >= 4 is 27.8 Å². The average Bonchev–Trinajstić information content (AvgIpc) is 2.84. The Morgan fingerprint density at radius 2 is 1.65 bits per heavy atom. The molecule has 0 unspecified atom stereocenters. The van der Waals surface area contributed by atoms with Crippen LogP contribution in [0.2, 0.25) is 0 Å². The predicted molar refractivity (Wildman–Crippen MR) is 132 cm³/mol. The van der Waals surface area contributed by atoms with Gasteiger partial charge in [0, 0.05) is 0 Å². The van der Waals surface area contributed by atoms with Crippen LogP contribution in [0.25, 0.3) is 0 Å². The quantitative estimate of drug-likeness (QED) is 0.351. The van der Waals surface area contributed by atoms with Crippen LogP contribution in [0.4, 0.5) is 5.69 Å². The molecule has 0 bridgehead atoms. The van der Waals surface area contributed by atoms with Crippen LogP contribution >= 0.6 is 0 Å². The molecule has 0 aliphatic carbocycles. The summed E-state index contributed by atoms with van der Waals surface area (Å²) in [6.45, 7) is 3.39. The third kappa shape index (κ3) is 6.35. The Bertz CT molecular complexity index is 1230. The summed E-state index contributed by atoms with van der Waals surface area (Å²) in [4.78, 5) is 12.7. The summed E-state index contributed by atoms with van der Waals surface area (Å²) in [6.07, 6.45) is 1.54. The molecular formula is C25H27N3O5S. The Kier molecular flexibility index (Phi) is 8.26. The van der Waals surface area contributed by atoms with Gasteiger partial charge < -0.3 is 9.47 Å². The number of amides is 1. The largest absolute Gasteiger partial charge is 0.495 e. The molecule has 0 radical (unpaired) electrons. The highest BCUT2D eigenvalue weighted by Crippen LogP contribution is 2.32. The lowest BCUT2D eigenvalue weighted by molar-refractivity contribution is -0.119. The van der Waals surface area contributed by atoms with Crippen LogP contribution < -0.4 is 19.2 Å². The van der Waals surface area contributed by atoms with Crippen LogP contribution in [-0.2, 0) is 14.8 Å². The average molecular weight is 482 g/mol. The number of methoxy groups -OCH3 is 1. The van der Waals surface area contributed by atoms with Gasteiger partial charge in [-0.1, -0.05) is 30.3 Å². The molecule has 8 nitrogen and oxygen atoms in total. The van der Waals surface area contributed by atoms with Crippen LogP contribution in [-0.4, -0.2) is 40.3 Å². The Morgan fingerprint density at radius 1 is 1.00 bits per heavy atom. The summed E-state index contributed by atoms with van der Waals surface area (Å²) in [6, 6.07) is 21.7. The van der Waals surface area contributed by atoms with Gasteiger partial charge in [-0.3, -0.25) is 9.10 Å². The molecule has 0 saturated carbocycles. The van der Waals surface area contributed by atoms with Crippen molar-refractivity contribution in [3.63, 3.8) is 0 Å². The molecule has 0 aromatic heterocycles. The van der Waals surface area contributed by atoms with Crippen LogP contribution in [0, 0.1) is 0 Å². The first kappa shape index (κ1) is 24.8. The molecule has 3 aromatic rings. The highest BCUT2D eigenvalue weighted by molar-refractivity contribution is 7.92. The number of ether oxygens (including phenoxy) is 2. The molecule has 1 amide bonds. The van der Waals surface area contributed by atoms with Crippen LogP contribution in [0.15, 0.2) is 88.9 Å². The maximum absolute atomic E-state index is 13.4. The van der Waals surface area contributed by atoms with Crippen molar-refractivity contribution in [2.45, 2.75) is 24.8 Å². The van der Waals surface area contributed by atoms with E-state index in [1.807, 2.05) is 13.8 Å². The molecule has 0 spiro atoms. The molecule has 1 N–H and O–H groups in total. The van der Waals surface area contributed by atoms with E-state index >= 15 is 0 Å². The summed E-state index contributed by atoms with van der Waals surface area (Å²) in [5, 5.41) is 3.96. The number of sulfonamides is 1. The Labute approximate surface area is 199 Å². The van der Waals surface area contributed by atoms with Gasteiger partial charge in [0.05, 0.1) is 30.0 Å². The van der Waals surface area contributed by atoms with Gasteiger partial charge in [0.25, 0.3) is 15.9 Å². The first-order chi connectivity index (χ1) is 16.3. The monoisotopic (exact) mass is 481 g/mol. The zero-order valence-electron chi connectivity index (χ0n) is 19.2. The number of hydrogen-bond acceptors (Lipinski definition) is 6. The number of anilines is 1.